The van der Waals surface area contributed by atoms with E-state index in [9.17, 15) is 14.6 Å². The smallest absolute Gasteiger partial charge is 0.272 e. The van der Waals surface area contributed by atoms with Crippen LogP contribution in [0.4, 0.5) is 0 Å². The molecular weight excluding hydrogens is 343 g/mol. The summed E-state index contributed by atoms with van der Waals surface area (Å²) in [5, 5.41) is 10.6. The summed E-state index contributed by atoms with van der Waals surface area (Å²) in [4.78, 5) is 15.0. The number of aromatic amines is 1. The maximum atomic E-state index is 11.9. The van der Waals surface area contributed by atoms with E-state index in [0.717, 1.165) is 16.5 Å². The van der Waals surface area contributed by atoms with Crippen LogP contribution >= 0.6 is 7.82 Å². The Morgan fingerprint density at radius 1 is 1.32 bits per heavy atom. The monoisotopic (exact) mass is 370 g/mol. The number of phosphoric ester groups is 1. The standard InChI is InChI=1S/C17H27N2O5P/c1-17(2,3)24-25(21,22)23-12-19(4,5)9-8-13-11-18-16-7-6-14(20)10-15(13)16/h6-7,10-11,18H,8-9,12H2,1-5H3,(H-,20,21,22). The van der Waals surface area contributed by atoms with Gasteiger partial charge in [0.25, 0.3) is 7.82 Å². The van der Waals surface area contributed by atoms with E-state index < -0.39 is 13.4 Å². The molecule has 0 bridgehead atoms. The van der Waals surface area contributed by atoms with Gasteiger partial charge in [-0.2, -0.15) is 0 Å². The molecule has 1 aromatic carbocycles. The highest BCUT2D eigenvalue weighted by Crippen LogP contribution is 2.43. The second-order valence-electron chi connectivity index (χ2n) is 7.86. The van der Waals surface area contributed by atoms with E-state index in [1.54, 1.807) is 32.9 Å². The summed E-state index contributed by atoms with van der Waals surface area (Å²) in [6.45, 7) is 5.64. The number of fused-ring (bicyclic) bond motifs is 1. The molecule has 1 aromatic heterocycles. The zero-order chi connectivity index (χ0) is 18.9. The van der Waals surface area contributed by atoms with Gasteiger partial charge in [0, 0.05) is 23.5 Å². The van der Waals surface area contributed by atoms with Crippen molar-refractivity contribution in [1.82, 2.24) is 4.98 Å². The van der Waals surface area contributed by atoms with E-state index in [4.69, 9.17) is 9.05 Å². The minimum atomic E-state index is -4.34. The van der Waals surface area contributed by atoms with Gasteiger partial charge in [0.15, 0.2) is 6.73 Å². The van der Waals surface area contributed by atoms with Crippen molar-refractivity contribution in [1.29, 1.82) is 0 Å². The predicted molar refractivity (Wildman–Crippen MR) is 95.0 cm³/mol. The fraction of sp³-hybridized carbons (Fsp3) is 0.529. The summed E-state index contributed by atoms with van der Waals surface area (Å²) < 4.78 is 22.3. The van der Waals surface area contributed by atoms with Crippen molar-refractivity contribution < 1.29 is 28.1 Å². The molecule has 7 nitrogen and oxygen atoms in total. The molecule has 2 rings (SSSR count). The zero-order valence-corrected chi connectivity index (χ0v) is 16.3. The third kappa shape index (κ3) is 6.13. The number of benzene rings is 1. The molecule has 8 heteroatoms. The van der Waals surface area contributed by atoms with E-state index in [0.29, 0.717) is 17.4 Å². The molecule has 0 fully saturated rings. The van der Waals surface area contributed by atoms with Crippen LogP contribution in [0, 0.1) is 0 Å². The summed E-state index contributed by atoms with van der Waals surface area (Å²) in [5.74, 6) is 0.219. The molecule has 1 atom stereocenters. The maximum absolute atomic E-state index is 11.9. The Hall–Kier alpha value is -1.37. The Morgan fingerprint density at radius 3 is 2.64 bits per heavy atom. The number of nitrogens with zero attached hydrogens (tertiary/aromatic N) is 1. The quantitative estimate of drug-likeness (QED) is 0.444. The predicted octanol–water partition coefficient (Wildman–Crippen LogP) is 2.75. The van der Waals surface area contributed by atoms with Gasteiger partial charge in [-0.25, -0.2) is 0 Å². The van der Waals surface area contributed by atoms with Gasteiger partial charge in [0.2, 0.25) is 0 Å². The first kappa shape index (κ1) is 19.9. The van der Waals surface area contributed by atoms with Crippen molar-refractivity contribution in [3.05, 3.63) is 30.0 Å². The molecule has 140 valence electrons. The number of likely N-dealkylation sites (N-methyl/N-ethyl adjacent to an activating group) is 1. The molecule has 0 aliphatic carbocycles. The molecule has 1 unspecified atom stereocenters. The number of hydrogen-bond donors (Lipinski definition) is 2. The van der Waals surface area contributed by atoms with E-state index in [1.165, 1.54) is 0 Å². The summed E-state index contributed by atoms with van der Waals surface area (Å²) in [5.41, 5.74) is 1.20. The molecule has 0 spiro atoms. The minimum absolute atomic E-state index is 0.00946. The normalized spacial score (nSPS) is 15.4. The number of hydrogen-bond acceptors (Lipinski definition) is 5. The average molecular weight is 370 g/mol. The number of nitrogens with one attached hydrogen (secondary N) is 1. The van der Waals surface area contributed by atoms with Crippen molar-refractivity contribution in [2.75, 3.05) is 27.4 Å². The highest BCUT2D eigenvalue weighted by Gasteiger charge is 2.24. The topological polar surface area (TPSA) is 94.6 Å². The number of aromatic hydroxyl groups is 1. The summed E-state index contributed by atoms with van der Waals surface area (Å²) in [6.07, 6.45) is 2.62. The third-order valence-corrected chi connectivity index (χ3v) is 4.89. The van der Waals surface area contributed by atoms with Crippen LogP contribution in [0.2, 0.25) is 0 Å². The van der Waals surface area contributed by atoms with Gasteiger partial charge in [-0.3, -0.25) is 9.09 Å². The van der Waals surface area contributed by atoms with Crippen LogP contribution < -0.4 is 4.89 Å². The molecule has 1 heterocycles. The summed E-state index contributed by atoms with van der Waals surface area (Å²) in [7, 11) is -0.560. The van der Waals surface area contributed by atoms with E-state index in [2.05, 4.69) is 4.98 Å². The highest BCUT2D eigenvalue weighted by molar-refractivity contribution is 7.45. The first-order valence-electron chi connectivity index (χ1n) is 8.14. The number of phosphoric acid groups is 1. The molecule has 0 amide bonds. The van der Waals surface area contributed by atoms with Crippen LogP contribution in [0.15, 0.2) is 24.4 Å². The second-order valence-corrected chi connectivity index (χ2v) is 9.20. The molecule has 0 aliphatic heterocycles. The molecule has 2 N–H and O–H groups in total. The fourth-order valence-electron chi connectivity index (χ4n) is 2.45. The lowest BCUT2D eigenvalue weighted by molar-refractivity contribution is -0.906. The lowest BCUT2D eigenvalue weighted by atomic mass is 10.1. The van der Waals surface area contributed by atoms with Gasteiger partial charge < -0.3 is 24.0 Å². The number of aromatic nitrogens is 1. The Kier molecular flexibility index (Phi) is 5.66. The molecule has 2 aromatic rings. The first-order chi connectivity index (χ1) is 11.4. The summed E-state index contributed by atoms with van der Waals surface area (Å²) in [6, 6.07) is 5.19. The molecule has 0 radical (unpaired) electrons. The molecular formula is C17H27N2O5P. The summed E-state index contributed by atoms with van der Waals surface area (Å²) >= 11 is 0. The van der Waals surface area contributed by atoms with Crippen molar-refractivity contribution in [3.8, 4) is 5.75 Å². The van der Waals surface area contributed by atoms with Gasteiger partial charge in [0.1, 0.15) is 5.75 Å². The lowest BCUT2D eigenvalue weighted by Crippen LogP contribution is -2.43. The van der Waals surface area contributed by atoms with Crippen LogP contribution in [0.25, 0.3) is 10.9 Å². The van der Waals surface area contributed by atoms with Crippen LogP contribution in [-0.2, 0) is 20.0 Å². The fourth-order valence-corrected chi connectivity index (χ4v) is 3.63. The highest BCUT2D eigenvalue weighted by atomic mass is 31.2. The SMILES string of the molecule is CC(C)(C)OP(=O)([O-])OC[N+](C)(C)CCc1c[nH]c2ccc(O)cc12. The van der Waals surface area contributed by atoms with Gasteiger partial charge in [-0.15, -0.1) is 0 Å². The van der Waals surface area contributed by atoms with Crippen LogP contribution in [0.5, 0.6) is 5.75 Å². The number of quaternary nitrogens is 1. The number of phenols is 1. The second kappa shape index (κ2) is 7.09. The van der Waals surface area contributed by atoms with E-state index >= 15 is 0 Å². The van der Waals surface area contributed by atoms with Gasteiger partial charge in [-0.1, -0.05) is 0 Å². The Bertz CT molecular complexity index is 779. The van der Waals surface area contributed by atoms with Crippen LogP contribution in [-0.4, -0.2) is 47.5 Å². The Balaban J connectivity index is 1.96. The number of phenolic OH excluding ortho intramolecular Hbond substituents is 1. The molecule has 25 heavy (non-hydrogen) atoms. The zero-order valence-electron chi connectivity index (χ0n) is 15.4. The van der Waals surface area contributed by atoms with E-state index in [-0.39, 0.29) is 12.5 Å². The molecule has 0 aliphatic rings. The lowest BCUT2D eigenvalue weighted by Gasteiger charge is -2.35. The maximum Gasteiger partial charge on any atom is 0.272 e. The van der Waals surface area contributed by atoms with Gasteiger partial charge in [0.05, 0.1) is 26.2 Å². The Labute approximate surface area is 148 Å². The van der Waals surface area contributed by atoms with Crippen LogP contribution in [0.3, 0.4) is 0 Å². The van der Waals surface area contributed by atoms with Gasteiger partial charge in [-0.05, 0) is 44.5 Å². The van der Waals surface area contributed by atoms with E-state index in [1.807, 2.05) is 26.4 Å². The van der Waals surface area contributed by atoms with Crippen LogP contribution in [0.1, 0.15) is 26.3 Å². The molecule has 0 saturated carbocycles. The Morgan fingerprint density at radius 2 is 2.00 bits per heavy atom. The first-order valence-corrected chi connectivity index (χ1v) is 9.60. The minimum Gasteiger partial charge on any atom is -0.756 e. The van der Waals surface area contributed by atoms with Crippen molar-refractivity contribution in [3.63, 3.8) is 0 Å². The van der Waals surface area contributed by atoms with Crippen molar-refractivity contribution >= 4 is 18.7 Å². The number of H-pyrrole nitrogens is 1. The average Bonchev–Trinajstić information content (AvgIpc) is 2.83. The largest absolute Gasteiger partial charge is 0.756 e. The third-order valence-electron chi connectivity index (χ3n) is 3.69. The molecule has 0 saturated heterocycles. The number of rotatable bonds is 7. The van der Waals surface area contributed by atoms with Gasteiger partial charge >= 0.3 is 0 Å². The van der Waals surface area contributed by atoms with Crippen molar-refractivity contribution in [2.24, 2.45) is 0 Å². The van der Waals surface area contributed by atoms with Crippen molar-refractivity contribution in [2.45, 2.75) is 32.8 Å².